The Morgan fingerprint density at radius 1 is 1.10 bits per heavy atom. The molecule has 0 saturated carbocycles. The Kier molecular flexibility index (Phi) is 5.43. The minimum atomic E-state index is 0.127. The molecule has 0 heterocycles. The lowest BCUT2D eigenvalue weighted by Gasteiger charge is -2.23. The number of halogens is 1. The third-order valence-electron chi connectivity index (χ3n) is 3.66. The molecule has 1 atom stereocenters. The molecule has 0 aliphatic heterocycles. The first-order chi connectivity index (χ1) is 10.1. The van der Waals surface area contributed by atoms with Gasteiger partial charge in [0.25, 0.3) is 0 Å². The van der Waals surface area contributed by atoms with Crippen molar-refractivity contribution < 1.29 is 4.74 Å². The van der Waals surface area contributed by atoms with Crippen molar-refractivity contribution in [3.8, 4) is 5.75 Å². The van der Waals surface area contributed by atoms with Crippen LogP contribution in [0.3, 0.4) is 0 Å². The van der Waals surface area contributed by atoms with Crippen molar-refractivity contribution in [3.05, 3.63) is 63.1 Å². The van der Waals surface area contributed by atoms with E-state index in [1.54, 1.807) is 7.11 Å². The van der Waals surface area contributed by atoms with Crippen molar-refractivity contribution in [1.82, 2.24) is 5.32 Å². The SMILES string of the molecule is CCNC(c1cc(Br)ccc1C)c1cc(C)ccc1OC. The van der Waals surface area contributed by atoms with E-state index in [2.05, 4.69) is 72.3 Å². The zero-order valence-electron chi connectivity index (χ0n) is 13.0. The van der Waals surface area contributed by atoms with Crippen LogP contribution >= 0.6 is 15.9 Å². The third kappa shape index (κ3) is 3.66. The molecular weight excluding hydrogens is 326 g/mol. The van der Waals surface area contributed by atoms with E-state index in [4.69, 9.17) is 4.74 Å². The molecule has 2 aromatic carbocycles. The van der Waals surface area contributed by atoms with Crippen LogP contribution in [0.1, 0.15) is 35.2 Å². The van der Waals surface area contributed by atoms with Crippen molar-refractivity contribution in [2.75, 3.05) is 13.7 Å². The molecule has 1 unspecified atom stereocenters. The molecule has 0 amide bonds. The molecule has 0 radical (unpaired) electrons. The van der Waals surface area contributed by atoms with Crippen LogP contribution in [0.4, 0.5) is 0 Å². The first kappa shape index (κ1) is 16.1. The highest BCUT2D eigenvalue weighted by Gasteiger charge is 2.19. The van der Waals surface area contributed by atoms with Gasteiger partial charge in [-0.1, -0.05) is 46.6 Å². The zero-order chi connectivity index (χ0) is 15.4. The highest BCUT2D eigenvalue weighted by Crippen LogP contribution is 2.33. The van der Waals surface area contributed by atoms with Gasteiger partial charge in [-0.15, -0.1) is 0 Å². The van der Waals surface area contributed by atoms with Crippen molar-refractivity contribution in [2.24, 2.45) is 0 Å². The Bertz CT molecular complexity index is 625. The number of rotatable bonds is 5. The maximum absolute atomic E-state index is 5.57. The lowest BCUT2D eigenvalue weighted by molar-refractivity contribution is 0.404. The van der Waals surface area contributed by atoms with E-state index < -0.39 is 0 Å². The first-order valence-corrected chi connectivity index (χ1v) is 8.00. The summed E-state index contributed by atoms with van der Waals surface area (Å²) in [5.41, 5.74) is 4.96. The fourth-order valence-electron chi connectivity index (χ4n) is 2.59. The molecule has 2 nitrogen and oxygen atoms in total. The molecule has 3 heteroatoms. The highest BCUT2D eigenvalue weighted by atomic mass is 79.9. The molecule has 0 aliphatic rings. The summed E-state index contributed by atoms with van der Waals surface area (Å²) in [6, 6.07) is 12.9. The normalized spacial score (nSPS) is 12.2. The summed E-state index contributed by atoms with van der Waals surface area (Å²) in [7, 11) is 1.73. The Morgan fingerprint density at radius 3 is 2.52 bits per heavy atom. The lowest BCUT2D eigenvalue weighted by atomic mass is 9.93. The molecule has 0 aromatic heterocycles. The van der Waals surface area contributed by atoms with Crippen LogP contribution in [0.2, 0.25) is 0 Å². The van der Waals surface area contributed by atoms with Gasteiger partial charge in [0.05, 0.1) is 13.2 Å². The van der Waals surface area contributed by atoms with E-state index in [-0.39, 0.29) is 6.04 Å². The van der Waals surface area contributed by atoms with E-state index in [9.17, 15) is 0 Å². The fraction of sp³-hybridized carbons (Fsp3) is 0.333. The van der Waals surface area contributed by atoms with Crippen LogP contribution in [-0.4, -0.2) is 13.7 Å². The highest BCUT2D eigenvalue weighted by molar-refractivity contribution is 9.10. The van der Waals surface area contributed by atoms with Crippen molar-refractivity contribution >= 4 is 15.9 Å². The Balaban J connectivity index is 2.58. The van der Waals surface area contributed by atoms with Gasteiger partial charge in [0.1, 0.15) is 5.75 Å². The van der Waals surface area contributed by atoms with Gasteiger partial charge in [0.2, 0.25) is 0 Å². The Morgan fingerprint density at radius 2 is 1.86 bits per heavy atom. The summed E-state index contributed by atoms with van der Waals surface area (Å²) < 4.78 is 6.66. The minimum Gasteiger partial charge on any atom is -0.496 e. The number of hydrogen-bond donors (Lipinski definition) is 1. The largest absolute Gasteiger partial charge is 0.496 e. The van der Waals surface area contributed by atoms with E-state index in [0.29, 0.717) is 0 Å². The minimum absolute atomic E-state index is 0.127. The molecular formula is C18H22BrNO. The van der Waals surface area contributed by atoms with Gasteiger partial charge >= 0.3 is 0 Å². The number of nitrogens with one attached hydrogen (secondary N) is 1. The summed E-state index contributed by atoms with van der Waals surface area (Å²) in [5, 5.41) is 3.58. The molecule has 0 saturated heterocycles. The molecule has 2 rings (SSSR count). The van der Waals surface area contributed by atoms with Gasteiger partial charge in [-0.2, -0.15) is 0 Å². The number of aryl methyl sites for hydroxylation is 2. The predicted molar refractivity (Wildman–Crippen MR) is 92.1 cm³/mol. The molecule has 0 fully saturated rings. The maximum Gasteiger partial charge on any atom is 0.123 e. The molecule has 0 spiro atoms. The van der Waals surface area contributed by atoms with Gasteiger partial charge in [0.15, 0.2) is 0 Å². The topological polar surface area (TPSA) is 21.3 Å². The van der Waals surface area contributed by atoms with Crippen LogP contribution in [0.15, 0.2) is 40.9 Å². The van der Waals surface area contributed by atoms with Gasteiger partial charge in [-0.05, 0) is 49.7 Å². The Hall–Kier alpha value is -1.32. The van der Waals surface area contributed by atoms with Crippen molar-refractivity contribution in [1.29, 1.82) is 0 Å². The first-order valence-electron chi connectivity index (χ1n) is 7.20. The third-order valence-corrected chi connectivity index (χ3v) is 4.15. The molecule has 1 N–H and O–H groups in total. The second-order valence-corrected chi connectivity index (χ2v) is 6.15. The predicted octanol–water partition coefficient (Wildman–Crippen LogP) is 4.77. The van der Waals surface area contributed by atoms with E-state index in [0.717, 1.165) is 16.8 Å². The molecule has 0 aliphatic carbocycles. The van der Waals surface area contributed by atoms with Gasteiger partial charge < -0.3 is 10.1 Å². The summed E-state index contributed by atoms with van der Waals surface area (Å²) in [5.74, 6) is 0.922. The Labute approximate surface area is 135 Å². The van der Waals surface area contributed by atoms with Gasteiger partial charge in [-0.3, -0.25) is 0 Å². The van der Waals surface area contributed by atoms with Gasteiger partial charge in [-0.25, -0.2) is 0 Å². The van der Waals surface area contributed by atoms with E-state index >= 15 is 0 Å². The van der Waals surface area contributed by atoms with Crippen molar-refractivity contribution in [3.63, 3.8) is 0 Å². The maximum atomic E-state index is 5.57. The fourth-order valence-corrected chi connectivity index (χ4v) is 2.97. The summed E-state index contributed by atoms with van der Waals surface area (Å²) in [6.45, 7) is 7.28. The second kappa shape index (κ2) is 7.10. The number of hydrogen-bond acceptors (Lipinski definition) is 2. The van der Waals surface area contributed by atoms with Crippen molar-refractivity contribution in [2.45, 2.75) is 26.8 Å². The summed E-state index contributed by atoms with van der Waals surface area (Å²) in [4.78, 5) is 0. The number of methoxy groups -OCH3 is 1. The van der Waals surface area contributed by atoms with Crippen LogP contribution < -0.4 is 10.1 Å². The molecule has 21 heavy (non-hydrogen) atoms. The summed E-state index contributed by atoms with van der Waals surface area (Å²) >= 11 is 3.58. The molecule has 0 bridgehead atoms. The van der Waals surface area contributed by atoms with Crippen LogP contribution in [0.5, 0.6) is 5.75 Å². The standard InChI is InChI=1S/C18H22BrNO/c1-5-20-18(15-11-14(19)8-7-13(15)3)16-10-12(2)6-9-17(16)21-4/h6-11,18,20H,5H2,1-4H3. The van der Waals surface area contributed by atoms with Crippen LogP contribution in [0.25, 0.3) is 0 Å². The molecule has 2 aromatic rings. The molecule has 112 valence electrons. The van der Waals surface area contributed by atoms with E-state index in [1.165, 1.54) is 22.3 Å². The van der Waals surface area contributed by atoms with Crippen LogP contribution in [-0.2, 0) is 0 Å². The summed E-state index contributed by atoms with van der Waals surface area (Å²) in [6.07, 6.45) is 0. The lowest BCUT2D eigenvalue weighted by Crippen LogP contribution is -2.23. The average Bonchev–Trinajstić information content (AvgIpc) is 2.47. The van der Waals surface area contributed by atoms with Gasteiger partial charge in [0, 0.05) is 10.0 Å². The number of benzene rings is 2. The average molecular weight is 348 g/mol. The van der Waals surface area contributed by atoms with Crippen LogP contribution in [0, 0.1) is 13.8 Å². The van der Waals surface area contributed by atoms with E-state index in [1.807, 2.05) is 6.07 Å². The smallest absolute Gasteiger partial charge is 0.123 e. The second-order valence-electron chi connectivity index (χ2n) is 5.24. The number of ether oxygens (including phenoxy) is 1. The quantitative estimate of drug-likeness (QED) is 0.840. The monoisotopic (exact) mass is 347 g/mol. The zero-order valence-corrected chi connectivity index (χ0v) is 14.6.